The highest BCUT2D eigenvalue weighted by molar-refractivity contribution is 8.08. The van der Waals surface area contributed by atoms with Gasteiger partial charge in [0.25, 0.3) is 0 Å². The maximum absolute atomic E-state index is 13.1. The van der Waals surface area contributed by atoms with Crippen molar-refractivity contribution in [3.05, 3.63) is 44.2 Å². The van der Waals surface area contributed by atoms with Crippen molar-refractivity contribution in [2.24, 2.45) is 0 Å². The largest absolute Gasteiger partial charge is 0.288 e. The van der Waals surface area contributed by atoms with E-state index in [-0.39, 0.29) is 11.6 Å². The van der Waals surface area contributed by atoms with Gasteiger partial charge in [-0.25, -0.2) is 0 Å². The molecule has 1 aliphatic carbocycles. The number of hydrogen-bond donors (Lipinski definition) is 0. The summed E-state index contributed by atoms with van der Waals surface area (Å²) in [7, 11) is 0. The lowest BCUT2D eigenvalue weighted by atomic mass is 9.94. The lowest BCUT2D eigenvalue weighted by Gasteiger charge is -2.20. The van der Waals surface area contributed by atoms with Crippen molar-refractivity contribution in [1.29, 1.82) is 0 Å². The summed E-state index contributed by atoms with van der Waals surface area (Å²) in [5, 5.41) is 0.498. The molecule has 0 N–H and O–H groups in total. The zero-order valence-corrected chi connectivity index (χ0v) is 18.7. The van der Waals surface area contributed by atoms with Crippen LogP contribution in [-0.4, -0.2) is 23.1 Å². The molecule has 0 saturated heterocycles. The number of halogens is 1. The van der Waals surface area contributed by atoms with Crippen LogP contribution in [0.5, 0.6) is 0 Å². The van der Waals surface area contributed by atoms with Crippen LogP contribution < -0.4 is 0 Å². The topological polar surface area (TPSA) is 34.1 Å². The van der Waals surface area contributed by atoms with E-state index in [1.54, 1.807) is 41.7 Å². The highest BCUT2D eigenvalue weighted by Gasteiger charge is 2.32. The lowest BCUT2D eigenvalue weighted by molar-refractivity contribution is 0.0988. The molecule has 0 amide bonds. The second kappa shape index (κ2) is 12.0. The van der Waals surface area contributed by atoms with E-state index in [4.69, 9.17) is 11.6 Å². The fraction of sp³-hybridized carbons (Fsp3) is 0.545. The third kappa shape index (κ3) is 6.40. The summed E-state index contributed by atoms with van der Waals surface area (Å²) in [5.41, 5.74) is 0.953. The molecule has 5 heteroatoms. The molecule has 2 rings (SSSR count). The van der Waals surface area contributed by atoms with Gasteiger partial charge in [0.15, 0.2) is 0 Å². The molecule has 0 atom stereocenters. The van der Waals surface area contributed by atoms with E-state index in [2.05, 4.69) is 13.8 Å². The summed E-state index contributed by atoms with van der Waals surface area (Å²) in [6.45, 7) is 4.38. The van der Waals surface area contributed by atoms with E-state index in [1.165, 1.54) is 38.5 Å². The molecule has 0 aliphatic heterocycles. The number of rotatable bonds is 12. The quantitative estimate of drug-likeness (QED) is 0.324. The number of thioether (sulfide) groups is 2. The minimum atomic E-state index is -0.0383. The smallest absolute Gasteiger partial charge is 0.201 e. The second-order valence-electron chi connectivity index (χ2n) is 6.82. The molecule has 0 heterocycles. The predicted octanol–water partition coefficient (Wildman–Crippen LogP) is 7.56. The van der Waals surface area contributed by atoms with Crippen molar-refractivity contribution in [1.82, 2.24) is 0 Å². The Bertz CT molecular complexity index is 698. The van der Waals surface area contributed by atoms with Crippen LogP contribution in [0.15, 0.2) is 28.0 Å². The van der Waals surface area contributed by atoms with Gasteiger partial charge in [0.1, 0.15) is 0 Å². The number of carbonyl (C=O) groups excluding carboxylic acids is 2. The Labute approximate surface area is 176 Å². The summed E-state index contributed by atoms with van der Waals surface area (Å²) in [5.74, 6) is 1.71. The summed E-state index contributed by atoms with van der Waals surface area (Å²) in [6, 6.07) is 5.02. The van der Waals surface area contributed by atoms with Crippen molar-refractivity contribution in [2.75, 3.05) is 11.5 Å². The molecular formula is C22H29ClO2S2. The van der Waals surface area contributed by atoms with Gasteiger partial charge < -0.3 is 0 Å². The third-order valence-corrected chi connectivity index (χ3v) is 7.28. The number of allylic oxidation sites excluding steroid dienone is 2. The lowest BCUT2D eigenvalue weighted by Crippen LogP contribution is -2.20. The highest BCUT2D eigenvalue weighted by Crippen LogP contribution is 2.39. The second-order valence-corrected chi connectivity index (χ2v) is 9.47. The Kier molecular flexibility index (Phi) is 10.0. The normalized spacial score (nSPS) is 14.0. The summed E-state index contributed by atoms with van der Waals surface area (Å²) in [6.07, 6.45) is 9.29. The number of benzene rings is 1. The molecule has 2 nitrogen and oxygen atoms in total. The van der Waals surface area contributed by atoms with Crippen LogP contribution in [0, 0.1) is 0 Å². The van der Waals surface area contributed by atoms with E-state index in [0.717, 1.165) is 24.3 Å². The zero-order chi connectivity index (χ0) is 19.6. The minimum Gasteiger partial charge on any atom is -0.288 e. The number of Topliss-reactive ketones (excluding diaryl/α,β-unsaturated/α-hetero) is 2. The van der Waals surface area contributed by atoms with E-state index < -0.39 is 0 Å². The fourth-order valence-electron chi connectivity index (χ4n) is 3.02. The number of unbranched alkanes of at least 4 members (excludes halogenated alkanes) is 6. The first kappa shape index (κ1) is 22.6. The third-order valence-electron chi connectivity index (χ3n) is 4.58. The summed E-state index contributed by atoms with van der Waals surface area (Å²) >= 11 is 9.19. The van der Waals surface area contributed by atoms with Crippen molar-refractivity contribution in [3.8, 4) is 0 Å². The minimum absolute atomic E-state index is 0.0159. The molecule has 0 spiro atoms. The Morgan fingerprint density at radius 2 is 1.26 bits per heavy atom. The van der Waals surface area contributed by atoms with Crippen LogP contribution >= 0.6 is 35.1 Å². The highest BCUT2D eigenvalue weighted by atomic mass is 35.5. The number of ketones is 2. The molecule has 0 fully saturated rings. The van der Waals surface area contributed by atoms with Gasteiger partial charge in [-0.05, 0) is 42.5 Å². The first-order chi connectivity index (χ1) is 13.1. The first-order valence-corrected chi connectivity index (χ1v) is 12.3. The average molecular weight is 425 g/mol. The van der Waals surface area contributed by atoms with Crippen LogP contribution in [-0.2, 0) is 0 Å². The summed E-state index contributed by atoms with van der Waals surface area (Å²) in [4.78, 5) is 27.4. The van der Waals surface area contributed by atoms with Gasteiger partial charge in [0, 0.05) is 16.1 Å². The van der Waals surface area contributed by atoms with E-state index in [1.807, 2.05) is 0 Å². The Morgan fingerprint density at radius 3 is 1.78 bits per heavy atom. The number of carbonyl (C=O) groups is 2. The maximum atomic E-state index is 13.1. The van der Waals surface area contributed by atoms with Crippen LogP contribution in [0.4, 0.5) is 0 Å². The Morgan fingerprint density at radius 1 is 0.741 bits per heavy atom. The van der Waals surface area contributed by atoms with Gasteiger partial charge in [-0.2, -0.15) is 0 Å². The van der Waals surface area contributed by atoms with E-state index in [9.17, 15) is 9.59 Å². The Balaban J connectivity index is 2.16. The zero-order valence-electron chi connectivity index (χ0n) is 16.3. The molecule has 0 bridgehead atoms. The van der Waals surface area contributed by atoms with Crippen molar-refractivity contribution in [2.45, 2.75) is 65.2 Å². The molecule has 1 aromatic carbocycles. The summed E-state index contributed by atoms with van der Waals surface area (Å²) < 4.78 is 0. The Hall–Kier alpha value is -0.710. The van der Waals surface area contributed by atoms with Crippen LogP contribution in [0.25, 0.3) is 0 Å². The van der Waals surface area contributed by atoms with Crippen LogP contribution in [0.3, 0.4) is 0 Å². The van der Waals surface area contributed by atoms with Crippen LogP contribution in [0.2, 0.25) is 5.02 Å². The molecule has 0 unspecified atom stereocenters. The number of hydrogen-bond acceptors (Lipinski definition) is 4. The molecule has 148 valence electrons. The van der Waals surface area contributed by atoms with E-state index >= 15 is 0 Å². The molecule has 27 heavy (non-hydrogen) atoms. The molecular weight excluding hydrogens is 396 g/mol. The standard InChI is InChI=1S/C22H29ClO2S2/c1-3-5-7-9-13-26-21-19(24)17-12-11-16(23)15-18(17)20(25)22(21)27-14-10-8-6-4-2/h11-12,15H,3-10,13-14H2,1-2H3. The fourth-order valence-corrected chi connectivity index (χ4v) is 5.58. The molecule has 0 aromatic heterocycles. The average Bonchev–Trinajstić information content (AvgIpc) is 2.66. The predicted molar refractivity (Wildman–Crippen MR) is 120 cm³/mol. The maximum Gasteiger partial charge on any atom is 0.201 e. The number of fused-ring (bicyclic) bond motifs is 1. The first-order valence-electron chi connectivity index (χ1n) is 9.99. The van der Waals surface area contributed by atoms with Crippen molar-refractivity contribution in [3.63, 3.8) is 0 Å². The van der Waals surface area contributed by atoms with Gasteiger partial charge in [0.2, 0.25) is 11.6 Å². The monoisotopic (exact) mass is 424 g/mol. The molecule has 1 aromatic rings. The van der Waals surface area contributed by atoms with Crippen LogP contribution in [0.1, 0.15) is 85.9 Å². The van der Waals surface area contributed by atoms with Crippen molar-refractivity contribution >= 4 is 46.7 Å². The molecule has 0 radical (unpaired) electrons. The van der Waals surface area contributed by atoms with E-state index in [0.29, 0.717) is 26.0 Å². The molecule has 0 saturated carbocycles. The van der Waals surface area contributed by atoms with Gasteiger partial charge in [-0.3, -0.25) is 9.59 Å². The SMILES string of the molecule is CCCCCCSC1=C(SCCCCCC)C(=O)c2cc(Cl)ccc2C1=O. The van der Waals surface area contributed by atoms with Crippen molar-refractivity contribution < 1.29 is 9.59 Å². The van der Waals surface area contributed by atoms with Gasteiger partial charge in [0.05, 0.1) is 9.81 Å². The van der Waals surface area contributed by atoms with Gasteiger partial charge >= 0.3 is 0 Å². The molecule has 1 aliphatic rings. The van der Waals surface area contributed by atoms with Gasteiger partial charge in [-0.1, -0.05) is 64.0 Å². The van der Waals surface area contributed by atoms with Gasteiger partial charge in [-0.15, -0.1) is 23.5 Å².